The van der Waals surface area contributed by atoms with E-state index in [0.29, 0.717) is 12.2 Å². The highest BCUT2D eigenvalue weighted by atomic mass is 16.5. The van der Waals surface area contributed by atoms with Gasteiger partial charge in [0.2, 0.25) is 0 Å². The Morgan fingerprint density at radius 2 is 1.67 bits per heavy atom. The topological polar surface area (TPSA) is 47.9 Å². The van der Waals surface area contributed by atoms with Gasteiger partial charge in [0, 0.05) is 12.0 Å². The van der Waals surface area contributed by atoms with Crippen LogP contribution in [0.25, 0.3) is 0 Å². The zero-order valence-corrected chi connectivity index (χ0v) is 12.1. The lowest BCUT2D eigenvalue weighted by Crippen LogP contribution is -2.19. The monoisotopic (exact) mass is 286 g/mol. The number of rotatable bonds is 3. The molecular weight excluding hydrogens is 268 g/mol. The van der Waals surface area contributed by atoms with Gasteiger partial charge in [-0.3, -0.25) is 0 Å². The molecule has 1 aliphatic rings. The highest BCUT2D eigenvalue weighted by Gasteiger charge is 2.28. The smallest absolute Gasteiger partial charge is 0.127 e. The molecule has 0 bridgehead atoms. The van der Waals surface area contributed by atoms with Crippen LogP contribution >= 0.6 is 0 Å². The molecule has 1 N–H and O–H groups in total. The van der Waals surface area contributed by atoms with Gasteiger partial charge in [0.1, 0.15) is 23.4 Å². The maximum atomic E-state index is 10.4. The molecule has 2 atom stereocenters. The summed E-state index contributed by atoms with van der Waals surface area (Å²) in [5, 5.41) is 10.4. The van der Waals surface area contributed by atoms with E-state index in [-0.39, 0.29) is 6.10 Å². The second kappa shape index (κ2) is 5.66. The molecule has 0 spiro atoms. The van der Waals surface area contributed by atoms with E-state index in [1.165, 1.54) is 0 Å². The lowest BCUT2D eigenvalue weighted by atomic mass is 9.95. The van der Waals surface area contributed by atoms with Crippen molar-refractivity contribution in [3.05, 3.63) is 53.6 Å². The number of hydrogen-bond acceptors (Lipinski definition) is 4. The van der Waals surface area contributed by atoms with Gasteiger partial charge in [-0.15, -0.1) is 0 Å². The summed E-state index contributed by atoms with van der Waals surface area (Å²) in [6.07, 6.45) is -0.199. The van der Waals surface area contributed by atoms with E-state index in [0.717, 1.165) is 22.6 Å². The summed E-state index contributed by atoms with van der Waals surface area (Å²) in [6.45, 7) is 0. The molecule has 4 nitrogen and oxygen atoms in total. The van der Waals surface area contributed by atoms with Crippen LogP contribution in [-0.2, 0) is 0 Å². The molecule has 4 heteroatoms. The molecule has 0 saturated heterocycles. The number of aliphatic hydroxyl groups is 1. The fraction of sp³-hybridized carbons (Fsp3) is 0.294. The van der Waals surface area contributed by atoms with Crippen LogP contribution in [0, 0.1) is 0 Å². The van der Waals surface area contributed by atoms with E-state index in [2.05, 4.69) is 0 Å². The number of ether oxygens (including phenoxy) is 3. The van der Waals surface area contributed by atoms with Gasteiger partial charge in [-0.25, -0.2) is 0 Å². The average molecular weight is 286 g/mol. The van der Waals surface area contributed by atoms with Crippen molar-refractivity contribution in [3.63, 3.8) is 0 Å². The molecule has 1 unspecified atom stereocenters. The van der Waals surface area contributed by atoms with E-state index in [1.807, 2.05) is 42.5 Å². The van der Waals surface area contributed by atoms with Crippen molar-refractivity contribution >= 4 is 0 Å². The Labute approximate surface area is 123 Å². The summed E-state index contributed by atoms with van der Waals surface area (Å²) in [4.78, 5) is 0. The van der Waals surface area contributed by atoms with Crippen LogP contribution in [-0.4, -0.2) is 19.3 Å². The third-order valence-electron chi connectivity index (χ3n) is 3.77. The lowest BCUT2D eigenvalue weighted by molar-refractivity contribution is 0.0654. The summed E-state index contributed by atoms with van der Waals surface area (Å²) in [5.41, 5.74) is 1.80. The molecule has 110 valence electrons. The van der Waals surface area contributed by atoms with Gasteiger partial charge in [-0.1, -0.05) is 12.1 Å². The number of fused-ring (bicyclic) bond motifs is 1. The van der Waals surface area contributed by atoms with Crippen molar-refractivity contribution in [2.24, 2.45) is 0 Å². The van der Waals surface area contributed by atoms with E-state index in [9.17, 15) is 5.11 Å². The summed E-state index contributed by atoms with van der Waals surface area (Å²) >= 11 is 0. The first-order valence-electron chi connectivity index (χ1n) is 6.88. The molecule has 1 aliphatic heterocycles. The van der Waals surface area contributed by atoms with Crippen molar-refractivity contribution in [1.82, 2.24) is 0 Å². The number of benzene rings is 2. The Hall–Kier alpha value is -2.20. The van der Waals surface area contributed by atoms with E-state index in [4.69, 9.17) is 14.2 Å². The van der Waals surface area contributed by atoms with Crippen LogP contribution in [0.1, 0.15) is 29.8 Å². The fourth-order valence-corrected chi connectivity index (χ4v) is 2.58. The van der Waals surface area contributed by atoms with Crippen LogP contribution in [0.3, 0.4) is 0 Å². The normalized spacial score (nSPS) is 20.3. The van der Waals surface area contributed by atoms with Crippen molar-refractivity contribution in [2.45, 2.75) is 18.6 Å². The predicted molar refractivity (Wildman–Crippen MR) is 78.9 cm³/mol. The summed E-state index contributed by atoms with van der Waals surface area (Å²) in [7, 11) is 3.25. The molecule has 21 heavy (non-hydrogen) atoms. The first-order valence-corrected chi connectivity index (χ1v) is 6.88. The second-order valence-electron chi connectivity index (χ2n) is 5.03. The zero-order valence-electron chi connectivity index (χ0n) is 12.1. The van der Waals surface area contributed by atoms with Gasteiger partial charge in [-0.05, 0) is 35.9 Å². The molecule has 0 aromatic heterocycles. The molecule has 0 saturated carbocycles. The van der Waals surface area contributed by atoms with Gasteiger partial charge in [0.25, 0.3) is 0 Å². The Morgan fingerprint density at radius 3 is 2.33 bits per heavy atom. The van der Waals surface area contributed by atoms with Crippen molar-refractivity contribution in [2.75, 3.05) is 14.2 Å². The van der Waals surface area contributed by atoms with E-state index >= 15 is 0 Å². The molecule has 0 amide bonds. The quantitative estimate of drug-likeness (QED) is 0.941. The second-order valence-corrected chi connectivity index (χ2v) is 5.03. The zero-order chi connectivity index (χ0) is 14.8. The Kier molecular flexibility index (Phi) is 3.71. The maximum Gasteiger partial charge on any atom is 0.127 e. The summed E-state index contributed by atoms with van der Waals surface area (Å²) in [6, 6.07) is 13.2. The Balaban J connectivity index is 1.87. The summed E-state index contributed by atoms with van der Waals surface area (Å²) < 4.78 is 16.3. The van der Waals surface area contributed by atoms with Gasteiger partial charge < -0.3 is 19.3 Å². The lowest BCUT2D eigenvalue weighted by Gasteiger charge is -2.30. The predicted octanol–water partition coefficient (Wildman–Crippen LogP) is 3.26. The highest BCUT2D eigenvalue weighted by molar-refractivity contribution is 5.44. The van der Waals surface area contributed by atoms with Crippen LogP contribution in [0.15, 0.2) is 42.5 Å². The van der Waals surface area contributed by atoms with Gasteiger partial charge in [0.05, 0.1) is 20.3 Å². The molecule has 2 aromatic carbocycles. The minimum Gasteiger partial charge on any atom is -0.497 e. The maximum absolute atomic E-state index is 10.4. The first kappa shape index (κ1) is 13.8. The van der Waals surface area contributed by atoms with Crippen molar-refractivity contribution in [1.29, 1.82) is 0 Å². The first-order chi connectivity index (χ1) is 10.2. The highest BCUT2D eigenvalue weighted by Crippen LogP contribution is 2.42. The van der Waals surface area contributed by atoms with Gasteiger partial charge >= 0.3 is 0 Å². The van der Waals surface area contributed by atoms with E-state index < -0.39 is 6.10 Å². The fourth-order valence-electron chi connectivity index (χ4n) is 2.58. The Morgan fingerprint density at radius 1 is 1.00 bits per heavy atom. The third kappa shape index (κ3) is 2.67. The summed E-state index contributed by atoms with van der Waals surface area (Å²) in [5.74, 6) is 2.23. The van der Waals surface area contributed by atoms with Crippen LogP contribution in [0.4, 0.5) is 0 Å². The minimum absolute atomic E-state index is 0.160. The van der Waals surface area contributed by atoms with Crippen LogP contribution < -0.4 is 14.2 Å². The minimum atomic E-state index is -0.559. The SMILES string of the molecule is COc1ccc(C2C[C@H](O)c3cc(OC)ccc3O2)cc1. The van der Waals surface area contributed by atoms with Crippen LogP contribution in [0.2, 0.25) is 0 Å². The largest absolute Gasteiger partial charge is 0.497 e. The molecule has 3 rings (SSSR count). The number of aliphatic hydroxyl groups excluding tert-OH is 1. The molecule has 1 heterocycles. The van der Waals surface area contributed by atoms with Crippen molar-refractivity contribution < 1.29 is 19.3 Å². The van der Waals surface area contributed by atoms with Gasteiger partial charge in [-0.2, -0.15) is 0 Å². The molecule has 0 radical (unpaired) electrons. The molecular formula is C17H18O4. The molecule has 0 fully saturated rings. The number of methoxy groups -OCH3 is 2. The van der Waals surface area contributed by atoms with Gasteiger partial charge in [0.15, 0.2) is 0 Å². The Bertz CT molecular complexity index is 621. The third-order valence-corrected chi connectivity index (χ3v) is 3.77. The average Bonchev–Trinajstić information content (AvgIpc) is 2.54. The van der Waals surface area contributed by atoms with Crippen molar-refractivity contribution in [3.8, 4) is 17.2 Å². The van der Waals surface area contributed by atoms with E-state index in [1.54, 1.807) is 14.2 Å². The molecule has 2 aromatic rings. The standard InChI is InChI=1S/C17H18O4/c1-19-12-5-3-11(4-6-12)17-10-15(18)14-9-13(20-2)7-8-16(14)21-17/h3-9,15,17-18H,10H2,1-2H3/t15-,17?/m0/s1. The van der Waals surface area contributed by atoms with Crippen LogP contribution in [0.5, 0.6) is 17.2 Å². The molecule has 0 aliphatic carbocycles. The number of hydrogen-bond donors (Lipinski definition) is 1.